The predicted molar refractivity (Wildman–Crippen MR) is 117 cm³/mol. The summed E-state index contributed by atoms with van der Waals surface area (Å²) in [6.07, 6.45) is 5.16. The van der Waals surface area contributed by atoms with Crippen molar-refractivity contribution >= 4 is 17.3 Å². The van der Waals surface area contributed by atoms with Gasteiger partial charge in [0, 0.05) is 37.6 Å². The molecule has 1 saturated heterocycles. The van der Waals surface area contributed by atoms with Crippen LogP contribution in [-0.2, 0) is 13.5 Å². The van der Waals surface area contributed by atoms with E-state index in [2.05, 4.69) is 25.2 Å². The Bertz CT molecular complexity index is 1060. The molecule has 162 valence electrons. The lowest BCUT2D eigenvalue weighted by molar-refractivity contribution is 0.265. The third-order valence-electron chi connectivity index (χ3n) is 6.41. The van der Waals surface area contributed by atoms with Crippen LogP contribution >= 0.6 is 11.6 Å². The van der Waals surface area contributed by atoms with Gasteiger partial charge in [-0.05, 0) is 48.8 Å². The first-order valence-corrected chi connectivity index (χ1v) is 10.9. The molecular weight excluding hydrogens is 416 g/mol. The number of aryl methyl sites for hydroxylation is 1. The van der Waals surface area contributed by atoms with E-state index in [4.69, 9.17) is 21.1 Å². The number of anilines is 1. The summed E-state index contributed by atoms with van der Waals surface area (Å²) in [6, 6.07) is 9.75. The first-order chi connectivity index (χ1) is 15.1. The van der Waals surface area contributed by atoms with Crippen molar-refractivity contribution in [2.45, 2.75) is 19.3 Å². The predicted octanol–water partition coefficient (Wildman–Crippen LogP) is 3.76. The summed E-state index contributed by atoms with van der Waals surface area (Å²) in [7, 11) is 3.48. The molecule has 0 N–H and O–H groups in total. The van der Waals surface area contributed by atoms with Crippen molar-refractivity contribution in [2.75, 3.05) is 25.1 Å². The third-order valence-corrected chi connectivity index (χ3v) is 6.65. The fourth-order valence-corrected chi connectivity index (χ4v) is 5.11. The molecule has 1 aliphatic heterocycles. The van der Waals surface area contributed by atoms with Gasteiger partial charge in [0.15, 0.2) is 5.82 Å². The van der Waals surface area contributed by atoms with Gasteiger partial charge < -0.3 is 14.4 Å². The van der Waals surface area contributed by atoms with Crippen LogP contribution in [0.4, 0.5) is 5.69 Å². The van der Waals surface area contributed by atoms with Gasteiger partial charge in [-0.25, -0.2) is 4.68 Å². The van der Waals surface area contributed by atoms with Crippen LogP contribution in [0.1, 0.15) is 18.7 Å². The molecule has 8 nitrogen and oxygen atoms in total. The quantitative estimate of drug-likeness (QED) is 0.577. The molecule has 31 heavy (non-hydrogen) atoms. The Hall–Kier alpha value is -2.87. The monoisotopic (exact) mass is 440 g/mol. The van der Waals surface area contributed by atoms with Gasteiger partial charge >= 0.3 is 6.01 Å². The SMILES string of the molecule is COc1cc(N2CC3CCC(C2)C3Cc2nc(Oc3cccc(Cl)c3)n(C)n2)cnn1. The fourth-order valence-electron chi connectivity index (χ4n) is 4.93. The van der Waals surface area contributed by atoms with Gasteiger partial charge in [-0.15, -0.1) is 5.10 Å². The lowest BCUT2D eigenvalue weighted by Crippen LogP contribution is -2.42. The molecule has 0 radical (unpaired) electrons. The Labute approximate surface area is 186 Å². The number of aromatic nitrogens is 5. The van der Waals surface area contributed by atoms with Crippen LogP contribution in [0.3, 0.4) is 0 Å². The summed E-state index contributed by atoms with van der Waals surface area (Å²) >= 11 is 6.06. The van der Waals surface area contributed by atoms with Gasteiger partial charge in [0.25, 0.3) is 0 Å². The summed E-state index contributed by atoms with van der Waals surface area (Å²) in [5.41, 5.74) is 1.08. The Morgan fingerprint density at radius 1 is 1.16 bits per heavy atom. The molecule has 5 rings (SSSR count). The Kier molecular flexibility index (Phi) is 5.40. The highest BCUT2D eigenvalue weighted by Crippen LogP contribution is 2.44. The minimum Gasteiger partial charge on any atom is -0.480 e. The van der Waals surface area contributed by atoms with E-state index in [1.165, 1.54) is 12.8 Å². The molecule has 0 spiro atoms. The first kappa shape index (κ1) is 20.1. The number of fused-ring (bicyclic) bond motifs is 2. The summed E-state index contributed by atoms with van der Waals surface area (Å²) in [5, 5.41) is 13.3. The van der Waals surface area contributed by atoms with Crippen molar-refractivity contribution in [3.05, 3.63) is 47.4 Å². The van der Waals surface area contributed by atoms with Crippen LogP contribution < -0.4 is 14.4 Å². The molecule has 2 aromatic heterocycles. The number of ether oxygens (including phenoxy) is 2. The van der Waals surface area contributed by atoms with Crippen LogP contribution in [0.15, 0.2) is 36.5 Å². The van der Waals surface area contributed by atoms with E-state index in [1.54, 1.807) is 17.9 Å². The van der Waals surface area contributed by atoms with E-state index in [0.717, 1.165) is 31.0 Å². The average Bonchev–Trinajstić information content (AvgIpc) is 3.21. The van der Waals surface area contributed by atoms with Crippen LogP contribution in [0.25, 0.3) is 0 Å². The molecule has 2 atom stereocenters. The zero-order valence-corrected chi connectivity index (χ0v) is 18.4. The second-order valence-electron chi connectivity index (χ2n) is 8.32. The van der Waals surface area contributed by atoms with Crippen molar-refractivity contribution in [2.24, 2.45) is 24.8 Å². The summed E-state index contributed by atoms with van der Waals surface area (Å²) in [4.78, 5) is 7.08. The number of methoxy groups -OCH3 is 1. The summed E-state index contributed by atoms with van der Waals surface area (Å²) < 4.78 is 12.8. The van der Waals surface area contributed by atoms with Crippen molar-refractivity contribution in [3.63, 3.8) is 0 Å². The zero-order chi connectivity index (χ0) is 21.4. The van der Waals surface area contributed by atoms with E-state index in [-0.39, 0.29) is 0 Å². The van der Waals surface area contributed by atoms with Gasteiger partial charge in [0.05, 0.1) is 19.0 Å². The third kappa shape index (κ3) is 4.17. The molecule has 2 bridgehead atoms. The Morgan fingerprint density at radius 2 is 1.97 bits per heavy atom. The lowest BCUT2D eigenvalue weighted by atomic mass is 9.82. The lowest BCUT2D eigenvalue weighted by Gasteiger charge is -2.38. The number of benzene rings is 1. The highest BCUT2D eigenvalue weighted by atomic mass is 35.5. The first-order valence-electron chi connectivity index (χ1n) is 10.5. The molecule has 1 aliphatic carbocycles. The molecule has 0 amide bonds. The van der Waals surface area contributed by atoms with E-state index < -0.39 is 0 Å². The molecule has 1 aromatic carbocycles. The van der Waals surface area contributed by atoms with Gasteiger partial charge in [0.2, 0.25) is 5.88 Å². The smallest absolute Gasteiger partial charge is 0.320 e. The maximum atomic E-state index is 6.06. The van der Waals surface area contributed by atoms with E-state index >= 15 is 0 Å². The van der Waals surface area contributed by atoms with Gasteiger partial charge in [0.1, 0.15) is 5.75 Å². The van der Waals surface area contributed by atoms with Gasteiger partial charge in [-0.1, -0.05) is 17.7 Å². The number of rotatable bonds is 6. The normalized spacial score (nSPS) is 22.5. The van der Waals surface area contributed by atoms with Crippen molar-refractivity contribution in [1.29, 1.82) is 0 Å². The van der Waals surface area contributed by atoms with Crippen LogP contribution in [0.2, 0.25) is 5.02 Å². The Morgan fingerprint density at radius 3 is 2.71 bits per heavy atom. The maximum absolute atomic E-state index is 6.06. The number of piperidine rings is 1. The van der Waals surface area contributed by atoms with E-state index in [0.29, 0.717) is 40.4 Å². The minimum absolute atomic E-state index is 0.483. The number of hydrogen-bond acceptors (Lipinski definition) is 7. The average molecular weight is 441 g/mol. The van der Waals surface area contributed by atoms with Crippen LogP contribution in [0, 0.1) is 17.8 Å². The molecule has 1 saturated carbocycles. The zero-order valence-electron chi connectivity index (χ0n) is 17.6. The molecular formula is C22H25ClN6O2. The van der Waals surface area contributed by atoms with E-state index in [9.17, 15) is 0 Å². The summed E-state index contributed by atoms with van der Waals surface area (Å²) in [6.45, 7) is 2.02. The van der Waals surface area contributed by atoms with Gasteiger partial charge in [-0.2, -0.15) is 15.2 Å². The van der Waals surface area contributed by atoms with Crippen molar-refractivity contribution < 1.29 is 9.47 Å². The number of halogens is 1. The van der Waals surface area contributed by atoms with Crippen molar-refractivity contribution in [3.8, 4) is 17.6 Å². The molecule has 2 aliphatic rings. The molecule has 3 heterocycles. The van der Waals surface area contributed by atoms with Crippen molar-refractivity contribution in [1.82, 2.24) is 25.0 Å². The fraction of sp³-hybridized carbons (Fsp3) is 0.455. The highest BCUT2D eigenvalue weighted by Gasteiger charge is 2.42. The number of hydrogen-bond donors (Lipinski definition) is 0. The molecule has 2 fully saturated rings. The Balaban J connectivity index is 1.27. The molecule has 9 heteroatoms. The standard InChI is InChI=1S/C22H25ClN6O2/c1-28-22(31-18-5-3-4-16(23)8-18)25-20(27-28)10-19-14-6-7-15(19)13-29(12-14)17-9-21(30-2)26-24-11-17/h3-5,8-9,11,14-15,19H,6-7,10,12-13H2,1-2H3. The molecule has 3 aromatic rings. The van der Waals surface area contributed by atoms with Crippen LogP contribution in [0.5, 0.6) is 17.6 Å². The van der Waals surface area contributed by atoms with E-state index in [1.807, 2.05) is 37.5 Å². The topological polar surface area (TPSA) is 78.2 Å². The summed E-state index contributed by atoms with van der Waals surface area (Å²) in [5.74, 6) is 3.84. The maximum Gasteiger partial charge on any atom is 0.320 e. The largest absolute Gasteiger partial charge is 0.480 e. The molecule has 2 unspecified atom stereocenters. The van der Waals surface area contributed by atoms with Gasteiger partial charge in [-0.3, -0.25) is 0 Å². The minimum atomic E-state index is 0.483. The number of nitrogens with zero attached hydrogens (tertiary/aromatic N) is 6. The highest BCUT2D eigenvalue weighted by molar-refractivity contribution is 6.30. The second kappa shape index (κ2) is 8.34. The van der Waals surface area contributed by atoms with Crippen LogP contribution in [-0.4, -0.2) is 45.2 Å². The second-order valence-corrected chi connectivity index (χ2v) is 8.76.